The van der Waals surface area contributed by atoms with Gasteiger partial charge in [-0.25, -0.2) is 8.78 Å². The number of rotatable bonds is 6. The zero-order valence-corrected chi connectivity index (χ0v) is 11.7. The van der Waals surface area contributed by atoms with Crippen LogP contribution in [0.4, 0.5) is 8.78 Å². The first kappa shape index (κ1) is 14.7. The molecule has 0 spiro atoms. The van der Waals surface area contributed by atoms with E-state index in [1.807, 2.05) is 17.8 Å². The van der Waals surface area contributed by atoms with Crippen molar-refractivity contribution in [3.05, 3.63) is 53.4 Å². The lowest BCUT2D eigenvalue weighted by molar-refractivity contribution is 0.494. The van der Waals surface area contributed by atoms with E-state index in [9.17, 15) is 8.78 Å². The van der Waals surface area contributed by atoms with E-state index in [0.717, 1.165) is 24.7 Å². The molecule has 1 unspecified atom stereocenters. The molecule has 0 amide bonds. The summed E-state index contributed by atoms with van der Waals surface area (Å²) >= 11 is 0. The van der Waals surface area contributed by atoms with Crippen molar-refractivity contribution in [3.8, 4) is 0 Å². The van der Waals surface area contributed by atoms with Crippen LogP contribution in [-0.4, -0.2) is 16.8 Å². The van der Waals surface area contributed by atoms with Crippen molar-refractivity contribution in [2.45, 2.75) is 32.4 Å². The van der Waals surface area contributed by atoms with Crippen molar-refractivity contribution >= 4 is 0 Å². The average Bonchev–Trinajstić information content (AvgIpc) is 2.83. The topological polar surface area (TPSA) is 29.9 Å². The summed E-state index contributed by atoms with van der Waals surface area (Å²) in [5, 5.41) is 7.46. The highest BCUT2D eigenvalue weighted by molar-refractivity contribution is 5.21. The minimum Gasteiger partial charge on any atom is -0.311 e. The summed E-state index contributed by atoms with van der Waals surface area (Å²) in [5.74, 6) is -1.09. The van der Waals surface area contributed by atoms with Gasteiger partial charge in [0.2, 0.25) is 0 Å². The summed E-state index contributed by atoms with van der Waals surface area (Å²) in [6.45, 7) is 2.92. The fraction of sp³-hybridized carbons (Fsp3) is 0.400. The SMILES string of the molecule is CCCn1nccc1C(Cc1cc(F)cc(F)c1)NC. The van der Waals surface area contributed by atoms with Crippen LogP contribution in [0.3, 0.4) is 0 Å². The van der Waals surface area contributed by atoms with Crippen LogP contribution in [0.1, 0.15) is 30.6 Å². The van der Waals surface area contributed by atoms with Gasteiger partial charge in [-0.05, 0) is 43.7 Å². The Balaban J connectivity index is 2.21. The number of aryl methyl sites for hydroxylation is 1. The standard InChI is InChI=1S/C15H19F2N3/c1-3-6-20-15(4-5-19-20)14(18-2)9-11-7-12(16)10-13(17)8-11/h4-5,7-8,10,14,18H,3,6,9H2,1-2H3. The molecule has 2 rings (SSSR count). The van der Waals surface area contributed by atoms with Gasteiger partial charge in [-0.2, -0.15) is 5.10 Å². The van der Waals surface area contributed by atoms with Crippen LogP contribution in [0.5, 0.6) is 0 Å². The summed E-state index contributed by atoms with van der Waals surface area (Å²) in [7, 11) is 1.84. The molecule has 0 saturated heterocycles. The van der Waals surface area contributed by atoms with Crippen LogP contribution in [-0.2, 0) is 13.0 Å². The minimum absolute atomic E-state index is 0.0229. The van der Waals surface area contributed by atoms with E-state index < -0.39 is 11.6 Å². The van der Waals surface area contributed by atoms with Gasteiger partial charge in [0.05, 0.1) is 11.7 Å². The van der Waals surface area contributed by atoms with E-state index in [1.54, 1.807) is 6.20 Å². The Hall–Kier alpha value is -1.75. The van der Waals surface area contributed by atoms with Gasteiger partial charge in [0.1, 0.15) is 11.6 Å². The number of benzene rings is 1. The smallest absolute Gasteiger partial charge is 0.126 e. The molecule has 108 valence electrons. The molecule has 1 aromatic carbocycles. The molecule has 1 aromatic heterocycles. The van der Waals surface area contributed by atoms with Gasteiger partial charge >= 0.3 is 0 Å². The van der Waals surface area contributed by atoms with Crippen molar-refractivity contribution in [1.82, 2.24) is 15.1 Å². The van der Waals surface area contributed by atoms with Gasteiger partial charge in [-0.1, -0.05) is 6.92 Å². The molecule has 0 aliphatic carbocycles. The predicted octanol–water partition coefficient (Wildman–Crippen LogP) is 3.07. The van der Waals surface area contributed by atoms with Crippen molar-refractivity contribution in [3.63, 3.8) is 0 Å². The number of nitrogens with one attached hydrogen (secondary N) is 1. The Kier molecular flexibility index (Phi) is 4.84. The third kappa shape index (κ3) is 3.42. The maximum atomic E-state index is 13.2. The van der Waals surface area contributed by atoms with Gasteiger partial charge in [0.15, 0.2) is 0 Å². The highest BCUT2D eigenvalue weighted by Gasteiger charge is 2.15. The normalized spacial score (nSPS) is 12.6. The number of hydrogen-bond donors (Lipinski definition) is 1. The molecule has 20 heavy (non-hydrogen) atoms. The summed E-state index contributed by atoms with van der Waals surface area (Å²) in [5.41, 5.74) is 1.66. The lowest BCUT2D eigenvalue weighted by atomic mass is 10.0. The molecule has 5 heteroatoms. The lowest BCUT2D eigenvalue weighted by Gasteiger charge is -2.18. The van der Waals surface area contributed by atoms with Crippen LogP contribution in [0.25, 0.3) is 0 Å². The van der Waals surface area contributed by atoms with Crippen LogP contribution in [0.2, 0.25) is 0 Å². The predicted molar refractivity (Wildman–Crippen MR) is 74.4 cm³/mol. The first-order chi connectivity index (χ1) is 9.63. The van der Waals surface area contributed by atoms with Crippen LogP contribution in [0.15, 0.2) is 30.5 Å². The van der Waals surface area contributed by atoms with E-state index in [4.69, 9.17) is 0 Å². The maximum Gasteiger partial charge on any atom is 0.126 e. The molecule has 1 N–H and O–H groups in total. The van der Waals surface area contributed by atoms with E-state index in [-0.39, 0.29) is 6.04 Å². The first-order valence-electron chi connectivity index (χ1n) is 6.78. The Labute approximate surface area is 117 Å². The fourth-order valence-electron chi connectivity index (χ4n) is 2.36. The molecule has 0 bridgehead atoms. The van der Waals surface area contributed by atoms with Gasteiger partial charge in [-0.15, -0.1) is 0 Å². The Bertz CT molecular complexity index is 546. The molecule has 0 fully saturated rings. The molecule has 2 aromatic rings. The highest BCUT2D eigenvalue weighted by atomic mass is 19.1. The molecule has 0 saturated carbocycles. The van der Waals surface area contributed by atoms with Crippen LogP contribution < -0.4 is 5.32 Å². The zero-order valence-electron chi connectivity index (χ0n) is 11.7. The second-order valence-electron chi connectivity index (χ2n) is 4.80. The summed E-state index contributed by atoms with van der Waals surface area (Å²) in [6, 6.07) is 5.54. The molecule has 0 aliphatic rings. The Morgan fingerprint density at radius 2 is 1.95 bits per heavy atom. The fourth-order valence-corrected chi connectivity index (χ4v) is 2.36. The summed E-state index contributed by atoms with van der Waals surface area (Å²) in [4.78, 5) is 0. The van der Waals surface area contributed by atoms with Gasteiger partial charge in [-0.3, -0.25) is 4.68 Å². The van der Waals surface area contributed by atoms with Crippen LogP contribution >= 0.6 is 0 Å². The van der Waals surface area contributed by atoms with Gasteiger partial charge in [0.25, 0.3) is 0 Å². The molecule has 1 atom stereocenters. The summed E-state index contributed by atoms with van der Waals surface area (Å²) in [6.07, 6.45) is 3.25. The molecule has 0 aliphatic heterocycles. The van der Waals surface area contributed by atoms with Crippen molar-refractivity contribution in [1.29, 1.82) is 0 Å². The molecule has 0 radical (unpaired) electrons. The maximum absolute atomic E-state index is 13.2. The van der Waals surface area contributed by atoms with Gasteiger partial charge in [0, 0.05) is 18.8 Å². The zero-order chi connectivity index (χ0) is 14.5. The quantitative estimate of drug-likeness (QED) is 0.880. The van der Waals surface area contributed by atoms with E-state index in [0.29, 0.717) is 12.0 Å². The second-order valence-corrected chi connectivity index (χ2v) is 4.80. The number of likely N-dealkylation sites (N-methyl/N-ethyl adjacent to an activating group) is 1. The number of halogens is 2. The number of aromatic nitrogens is 2. The number of hydrogen-bond acceptors (Lipinski definition) is 2. The Morgan fingerprint density at radius 1 is 1.25 bits per heavy atom. The monoisotopic (exact) mass is 279 g/mol. The summed E-state index contributed by atoms with van der Waals surface area (Å²) < 4.78 is 28.4. The third-order valence-corrected chi connectivity index (χ3v) is 3.25. The van der Waals surface area contributed by atoms with Crippen molar-refractivity contribution in [2.75, 3.05) is 7.05 Å². The molecule has 3 nitrogen and oxygen atoms in total. The molecular formula is C15H19F2N3. The number of nitrogens with zero attached hydrogens (tertiary/aromatic N) is 2. The highest BCUT2D eigenvalue weighted by Crippen LogP contribution is 2.19. The first-order valence-corrected chi connectivity index (χ1v) is 6.78. The molecule has 1 heterocycles. The minimum atomic E-state index is -0.545. The van der Waals surface area contributed by atoms with E-state index in [2.05, 4.69) is 17.3 Å². The van der Waals surface area contributed by atoms with Crippen LogP contribution in [0, 0.1) is 11.6 Å². The third-order valence-electron chi connectivity index (χ3n) is 3.25. The van der Waals surface area contributed by atoms with Crippen molar-refractivity contribution < 1.29 is 8.78 Å². The largest absolute Gasteiger partial charge is 0.311 e. The van der Waals surface area contributed by atoms with Gasteiger partial charge < -0.3 is 5.32 Å². The second kappa shape index (κ2) is 6.61. The van der Waals surface area contributed by atoms with E-state index in [1.165, 1.54) is 12.1 Å². The average molecular weight is 279 g/mol. The molecular weight excluding hydrogens is 260 g/mol. The lowest BCUT2D eigenvalue weighted by Crippen LogP contribution is -2.22. The van der Waals surface area contributed by atoms with Crippen molar-refractivity contribution in [2.24, 2.45) is 0 Å². The Morgan fingerprint density at radius 3 is 2.55 bits per heavy atom. The van der Waals surface area contributed by atoms with E-state index >= 15 is 0 Å².